The first kappa shape index (κ1) is 21.5. The fourth-order valence-corrected chi connectivity index (χ4v) is 5.67. The molecule has 1 aromatic rings. The smallest absolute Gasteiger partial charge is 0.403 e. The molecule has 1 aromatic carbocycles. The van der Waals surface area contributed by atoms with E-state index in [4.69, 9.17) is 9.31 Å². The maximum Gasteiger partial charge on any atom is 0.461 e. The lowest BCUT2D eigenvalue weighted by atomic mass is 9.84. The van der Waals surface area contributed by atoms with Gasteiger partial charge in [-0.2, -0.15) is 0 Å². The molecule has 0 saturated carbocycles. The molecule has 2 nitrogen and oxygen atoms in total. The molecule has 4 heteroatoms. The lowest BCUT2D eigenvalue weighted by Crippen LogP contribution is -2.41. The molecule has 1 fully saturated rings. The summed E-state index contributed by atoms with van der Waals surface area (Å²) in [5.41, 5.74) is 4.47. The predicted molar refractivity (Wildman–Crippen MR) is 130 cm³/mol. The molecular formula is C26H31BO2S. The Balaban J connectivity index is 1.55. The third-order valence-electron chi connectivity index (χ3n) is 6.59. The van der Waals surface area contributed by atoms with Crippen molar-refractivity contribution in [2.45, 2.75) is 68.2 Å². The zero-order chi connectivity index (χ0) is 21.5. The first-order chi connectivity index (χ1) is 14.2. The van der Waals surface area contributed by atoms with Crippen molar-refractivity contribution < 1.29 is 9.31 Å². The molecule has 1 aliphatic carbocycles. The molecule has 0 spiro atoms. The Hall–Kier alpha value is -1.75. The van der Waals surface area contributed by atoms with E-state index in [-0.39, 0.29) is 18.3 Å². The second kappa shape index (κ2) is 8.07. The molecule has 2 heterocycles. The van der Waals surface area contributed by atoms with Crippen LogP contribution in [0.25, 0.3) is 5.57 Å². The third kappa shape index (κ3) is 3.93. The largest absolute Gasteiger partial charge is 0.461 e. The molecular weight excluding hydrogens is 387 g/mol. The molecule has 4 rings (SSSR count). The lowest BCUT2D eigenvalue weighted by molar-refractivity contribution is 0.00578. The van der Waals surface area contributed by atoms with Crippen LogP contribution < -0.4 is 0 Å². The Labute approximate surface area is 186 Å². The molecule has 2 atom stereocenters. The first-order valence-electron chi connectivity index (χ1n) is 10.7. The molecule has 30 heavy (non-hydrogen) atoms. The maximum absolute atomic E-state index is 6.12. The predicted octanol–water partition coefficient (Wildman–Crippen LogP) is 6.98. The number of allylic oxidation sites excluding steroid dienone is 8. The van der Waals surface area contributed by atoms with Crippen molar-refractivity contribution in [2.24, 2.45) is 0 Å². The van der Waals surface area contributed by atoms with Crippen LogP contribution in [0.5, 0.6) is 0 Å². The van der Waals surface area contributed by atoms with Gasteiger partial charge in [0.25, 0.3) is 0 Å². The number of thioether (sulfide) groups is 1. The Morgan fingerprint density at radius 1 is 1.13 bits per heavy atom. The summed E-state index contributed by atoms with van der Waals surface area (Å²) in [6.07, 6.45) is 16.1. The second-order valence-electron chi connectivity index (χ2n) is 9.28. The van der Waals surface area contributed by atoms with Crippen molar-refractivity contribution in [1.29, 1.82) is 0 Å². The van der Waals surface area contributed by atoms with Gasteiger partial charge in [0.2, 0.25) is 0 Å². The minimum atomic E-state index is -0.289. The summed E-state index contributed by atoms with van der Waals surface area (Å²) < 4.78 is 12.2. The zero-order valence-corrected chi connectivity index (χ0v) is 19.5. The topological polar surface area (TPSA) is 18.5 Å². The number of hydrogen-bond donors (Lipinski definition) is 0. The van der Waals surface area contributed by atoms with Crippen LogP contribution in [0, 0.1) is 0 Å². The van der Waals surface area contributed by atoms with Gasteiger partial charge in [-0.25, -0.2) is 0 Å². The number of hydrogen-bond acceptors (Lipinski definition) is 3. The summed E-state index contributed by atoms with van der Waals surface area (Å²) in [5, 5.41) is 0.497. The van der Waals surface area contributed by atoms with Crippen LogP contribution >= 0.6 is 11.8 Å². The monoisotopic (exact) mass is 418 g/mol. The quantitative estimate of drug-likeness (QED) is 0.380. The molecule has 0 aromatic heterocycles. The fourth-order valence-electron chi connectivity index (χ4n) is 4.19. The lowest BCUT2D eigenvalue weighted by Gasteiger charge is -2.32. The summed E-state index contributed by atoms with van der Waals surface area (Å²) in [7, 11) is -0.205. The zero-order valence-electron chi connectivity index (χ0n) is 18.6. The van der Waals surface area contributed by atoms with E-state index in [0.717, 1.165) is 11.9 Å². The van der Waals surface area contributed by atoms with Crippen molar-refractivity contribution in [1.82, 2.24) is 0 Å². The Bertz CT molecular complexity index is 951. The van der Waals surface area contributed by atoms with E-state index in [1.165, 1.54) is 21.6 Å². The van der Waals surface area contributed by atoms with E-state index >= 15 is 0 Å². The minimum Gasteiger partial charge on any atom is -0.403 e. The van der Waals surface area contributed by atoms with Crippen LogP contribution in [-0.4, -0.2) is 23.6 Å². The SMILES string of the molecule is C=C/C(=C\C(C)=C/CB1OC(C)(C)C(C)(C)O1)c1cccc2c1SC1C=CC=CC21. The molecule has 0 bridgehead atoms. The van der Waals surface area contributed by atoms with Gasteiger partial charge in [-0.15, -0.1) is 11.8 Å². The van der Waals surface area contributed by atoms with Crippen LogP contribution in [0.3, 0.4) is 0 Å². The standard InChI is InChI=1S/C26H31BO2S/c1-7-19(17-18(2)15-16-27-28-25(3,4)26(5,6)29-27)20-12-10-13-22-21-11-8-9-14-23(21)30-24(20)22/h7-15,17,21,23H,1,16H2,2-6H3/b18-15-,19-17+. The van der Waals surface area contributed by atoms with Gasteiger partial charge >= 0.3 is 7.12 Å². The molecule has 0 radical (unpaired) electrons. The van der Waals surface area contributed by atoms with Crippen LogP contribution in [0.2, 0.25) is 6.32 Å². The van der Waals surface area contributed by atoms with E-state index < -0.39 is 0 Å². The van der Waals surface area contributed by atoms with E-state index in [1.54, 1.807) is 0 Å². The molecule has 2 aliphatic heterocycles. The average Bonchev–Trinajstić information content (AvgIpc) is 3.18. The molecule has 3 aliphatic rings. The highest BCUT2D eigenvalue weighted by atomic mass is 32.2. The van der Waals surface area contributed by atoms with Crippen molar-refractivity contribution in [2.75, 3.05) is 0 Å². The van der Waals surface area contributed by atoms with Crippen LogP contribution in [0.4, 0.5) is 0 Å². The van der Waals surface area contributed by atoms with Gasteiger partial charge in [0.05, 0.1) is 11.2 Å². The Morgan fingerprint density at radius 3 is 2.53 bits per heavy atom. The Morgan fingerprint density at radius 2 is 1.83 bits per heavy atom. The highest BCUT2D eigenvalue weighted by Gasteiger charge is 2.50. The van der Waals surface area contributed by atoms with E-state index in [0.29, 0.717) is 11.2 Å². The van der Waals surface area contributed by atoms with Gasteiger partial charge in [-0.3, -0.25) is 0 Å². The first-order valence-corrected chi connectivity index (χ1v) is 11.6. The van der Waals surface area contributed by atoms with Crippen molar-refractivity contribution >= 4 is 24.5 Å². The van der Waals surface area contributed by atoms with Crippen molar-refractivity contribution in [3.8, 4) is 0 Å². The summed E-state index contributed by atoms with van der Waals surface area (Å²) in [6.45, 7) is 14.6. The number of fused-ring (bicyclic) bond motifs is 3. The van der Waals surface area contributed by atoms with Crippen LogP contribution in [0.15, 0.2) is 77.8 Å². The third-order valence-corrected chi connectivity index (χ3v) is 8.01. The minimum absolute atomic E-state index is 0.205. The number of benzene rings is 1. The van der Waals surface area contributed by atoms with Crippen molar-refractivity contribution in [3.63, 3.8) is 0 Å². The van der Waals surface area contributed by atoms with Gasteiger partial charge in [0.15, 0.2) is 0 Å². The number of rotatable bonds is 5. The van der Waals surface area contributed by atoms with E-state index in [1.807, 2.05) is 17.8 Å². The molecule has 2 unspecified atom stereocenters. The van der Waals surface area contributed by atoms with Gasteiger partial charge in [0.1, 0.15) is 0 Å². The van der Waals surface area contributed by atoms with E-state index in [9.17, 15) is 0 Å². The van der Waals surface area contributed by atoms with Crippen LogP contribution in [0.1, 0.15) is 51.7 Å². The molecule has 0 N–H and O–H groups in total. The molecule has 1 saturated heterocycles. The van der Waals surface area contributed by atoms with Gasteiger partial charge in [-0.05, 0) is 51.3 Å². The highest BCUT2D eigenvalue weighted by molar-refractivity contribution is 8.00. The summed E-state index contributed by atoms with van der Waals surface area (Å²) >= 11 is 1.96. The Kier molecular flexibility index (Phi) is 5.78. The highest BCUT2D eigenvalue weighted by Crippen LogP contribution is 2.50. The fraction of sp³-hybridized carbons (Fsp3) is 0.385. The summed E-state index contributed by atoms with van der Waals surface area (Å²) in [6, 6.07) is 6.65. The second-order valence-corrected chi connectivity index (χ2v) is 10.5. The van der Waals surface area contributed by atoms with E-state index in [2.05, 4.69) is 95.9 Å². The van der Waals surface area contributed by atoms with Gasteiger partial charge < -0.3 is 9.31 Å². The van der Waals surface area contributed by atoms with Crippen LogP contribution in [-0.2, 0) is 9.31 Å². The molecule has 0 amide bonds. The van der Waals surface area contributed by atoms with Gasteiger partial charge in [-0.1, -0.05) is 72.9 Å². The van der Waals surface area contributed by atoms with Crippen molar-refractivity contribution in [3.05, 3.63) is 84.0 Å². The maximum atomic E-state index is 6.12. The van der Waals surface area contributed by atoms with Gasteiger partial charge in [0, 0.05) is 22.4 Å². The molecule has 156 valence electrons. The summed E-state index contributed by atoms with van der Waals surface area (Å²) in [5.74, 6) is 0.473. The normalized spacial score (nSPS) is 26.6. The average molecular weight is 418 g/mol. The summed E-state index contributed by atoms with van der Waals surface area (Å²) in [4.78, 5) is 1.38.